The molecule has 0 bridgehead atoms. The molecule has 2 aliphatic rings. The summed E-state index contributed by atoms with van der Waals surface area (Å²) in [5.74, 6) is -1.61. The molecule has 0 atom stereocenters. The Morgan fingerprint density at radius 2 is 1.97 bits per heavy atom. The maximum absolute atomic E-state index is 13.0. The number of benzene rings is 2. The van der Waals surface area contributed by atoms with Crippen molar-refractivity contribution in [2.75, 3.05) is 13.1 Å². The summed E-state index contributed by atoms with van der Waals surface area (Å²) < 4.78 is 0. The molecule has 1 aromatic heterocycles. The van der Waals surface area contributed by atoms with Crippen molar-refractivity contribution < 1.29 is 19.3 Å². The molecule has 0 unspecified atom stereocenters. The number of rotatable bonds is 5. The molecule has 3 heterocycles. The number of nitro benzene ring substituents is 1. The van der Waals surface area contributed by atoms with Gasteiger partial charge in [0.2, 0.25) is 5.91 Å². The standard InChI is InChI=1S/C23H18ClN5O5/c24-14-4-1-3-13(11-14)21-16-12-27(9-7-17(16)25-26-21)19(30)8-10-28-22(31)15-5-2-6-18(29(33)34)20(15)23(28)32/h1-6,11H,7-10,12H2,(H,25,26). The fraction of sp³-hybridized carbons (Fsp3) is 0.217. The second-order valence-corrected chi connectivity index (χ2v) is 8.51. The topological polar surface area (TPSA) is 130 Å². The van der Waals surface area contributed by atoms with Gasteiger partial charge in [0.1, 0.15) is 5.56 Å². The molecular formula is C23H18ClN5O5. The Hall–Kier alpha value is -4.05. The molecule has 34 heavy (non-hydrogen) atoms. The molecule has 0 saturated carbocycles. The van der Waals surface area contributed by atoms with Crippen molar-refractivity contribution >= 4 is 35.0 Å². The van der Waals surface area contributed by atoms with E-state index >= 15 is 0 Å². The molecule has 0 spiro atoms. The van der Waals surface area contributed by atoms with Crippen LogP contribution in [0, 0.1) is 10.1 Å². The number of imide groups is 1. The van der Waals surface area contributed by atoms with Crippen molar-refractivity contribution in [1.29, 1.82) is 0 Å². The third-order valence-corrected chi connectivity index (χ3v) is 6.34. The van der Waals surface area contributed by atoms with E-state index in [0.29, 0.717) is 24.5 Å². The SMILES string of the molecule is O=C(CCN1C(=O)c2cccc([N+](=O)[O-])c2C1=O)N1CCc2[nH]nc(-c3cccc(Cl)c3)c2C1. The summed E-state index contributed by atoms with van der Waals surface area (Å²) in [6.07, 6.45) is 0.507. The number of carbonyl (C=O) groups excluding carboxylic acids is 3. The first-order valence-electron chi connectivity index (χ1n) is 10.6. The smallest absolute Gasteiger partial charge is 0.282 e. The maximum Gasteiger partial charge on any atom is 0.282 e. The molecule has 11 heteroatoms. The lowest BCUT2D eigenvalue weighted by Crippen LogP contribution is -2.39. The van der Waals surface area contributed by atoms with E-state index in [1.54, 1.807) is 17.0 Å². The zero-order valence-electron chi connectivity index (χ0n) is 17.8. The van der Waals surface area contributed by atoms with Crippen molar-refractivity contribution in [3.8, 4) is 11.3 Å². The number of hydrogen-bond acceptors (Lipinski definition) is 6. The molecule has 172 valence electrons. The van der Waals surface area contributed by atoms with Crippen LogP contribution in [0.3, 0.4) is 0 Å². The third-order valence-electron chi connectivity index (χ3n) is 6.11. The minimum absolute atomic E-state index is 0.0150. The minimum Gasteiger partial charge on any atom is -0.338 e. The molecule has 0 fully saturated rings. The van der Waals surface area contributed by atoms with Crippen LogP contribution >= 0.6 is 11.6 Å². The Labute approximate surface area is 198 Å². The lowest BCUT2D eigenvalue weighted by Gasteiger charge is -2.28. The molecule has 0 radical (unpaired) electrons. The number of aromatic amines is 1. The fourth-order valence-electron chi connectivity index (χ4n) is 4.42. The van der Waals surface area contributed by atoms with Gasteiger partial charge in [0.15, 0.2) is 0 Å². The summed E-state index contributed by atoms with van der Waals surface area (Å²) in [5, 5.41) is 19.3. The van der Waals surface area contributed by atoms with Crippen LogP contribution in [0.4, 0.5) is 5.69 Å². The number of carbonyl (C=O) groups is 3. The van der Waals surface area contributed by atoms with E-state index in [4.69, 9.17) is 11.6 Å². The second kappa shape index (κ2) is 8.38. The van der Waals surface area contributed by atoms with E-state index in [1.807, 2.05) is 12.1 Å². The van der Waals surface area contributed by atoms with Crippen molar-refractivity contribution in [2.24, 2.45) is 0 Å². The summed E-state index contributed by atoms with van der Waals surface area (Å²) >= 11 is 6.11. The maximum atomic E-state index is 13.0. The Morgan fingerprint density at radius 1 is 1.18 bits per heavy atom. The number of aromatic nitrogens is 2. The summed E-state index contributed by atoms with van der Waals surface area (Å²) in [4.78, 5) is 51.5. The van der Waals surface area contributed by atoms with Gasteiger partial charge in [-0.25, -0.2) is 0 Å². The van der Waals surface area contributed by atoms with Gasteiger partial charge in [-0.2, -0.15) is 5.10 Å². The number of H-pyrrole nitrogens is 1. The van der Waals surface area contributed by atoms with E-state index < -0.39 is 22.4 Å². The van der Waals surface area contributed by atoms with Crippen LogP contribution in [0.1, 0.15) is 38.4 Å². The van der Waals surface area contributed by atoms with Crippen molar-refractivity contribution in [3.05, 3.63) is 80.0 Å². The first-order chi connectivity index (χ1) is 16.3. The molecule has 10 nitrogen and oxygen atoms in total. The van der Waals surface area contributed by atoms with Gasteiger partial charge in [-0.3, -0.25) is 34.5 Å². The number of nitrogens with zero attached hydrogens (tertiary/aromatic N) is 4. The minimum atomic E-state index is -0.751. The predicted molar refractivity (Wildman–Crippen MR) is 121 cm³/mol. The summed E-state index contributed by atoms with van der Waals surface area (Å²) in [6.45, 7) is 0.648. The number of nitro groups is 1. The predicted octanol–water partition coefficient (Wildman–Crippen LogP) is 3.21. The molecule has 1 N–H and O–H groups in total. The zero-order chi connectivity index (χ0) is 24.0. The Morgan fingerprint density at radius 3 is 2.74 bits per heavy atom. The number of halogens is 1. The number of fused-ring (bicyclic) bond motifs is 2. The van der Waals surface area contributed by atoms with Gasteiger partial charge >= 0.3 is 0 Å². The highest BCUT2D eigenvalue weighted by atomic mass is 35.5. The van der Waals surface area contributed by atoms with Gasteiger partial charge in [0, 0.05) is 60.4 Å². The average molecular weight is 480 g/mol. The highest BCUT2D eigenvalue weighted by Crippen LogP contribution is 2.32. The molecule has 0 saturated heterocycles. The zero-order valence-corrected chi connectivity index (χ0v) is 18.5. The Bertz CT molecular complexity index is 1370. The quantitative estimate of drug-likeness (QED) is 0.340. The monoisotopic (exact) mass is 479 g/mol. The highest BCUT2D eigenvalue weighted by molar-refractivity contribution is 6.30. The second-order valence-electron chi connectivity index (χ2n) is 8.07. The van der Waals surface area contributed by atoms with Gasteiger partial charge in [-0.15, -0.1) is 0 Å². The molecule has 5 rings (SSSR count). The van der Waals surface area contributed by atoms with Gasteiger partial charge in [0.25, 0.3) is 17.5 Å². The number of hydrogen-bond donors (Lipinski definition) is 1. The van der Waals surface area contributed by atoms with Crippen LogP contribution in [0.25, 0.3) is 11.3 Å². The van der Waals surface area contributed by atoms with Crippen LogP contribution in [0.2, 0.25) is 5.02 Å². The van der Waals surface area contributed by atoms with E-state index in [9.17, 15) is 24.5 Å². The molecular weight excluding hydrogens is 462 g/mol. The molecule has 0 aliphatic carbocycles. The van der Waals surface area contributed by atoms with Crippen molar-refractivity contribution in [3.63, 3.8) is 0 Å². The van der Waals surface area contributed by atoms with Gasteiger partial charge in [0.05, 0.1) is 16.2 Å². The average Bonchev–Trinajstić information content (AvgIpc) is 3.36. The largest absolute Gasteiger partial charge is 0.338 e. The summed E-state index contributed by atoms with van der Waals surface area (Å²) in [6, 6.07) is 11.2. The van der Waals surface area contributed by atoms with Gasteiger partial charge in [-0.1, -0.05) is 29.8 Å². The van der Waals surface area contributed by atoms with E-state index in [1.165, 1.54) is 18.2 Å². The van der Waals surface area contributed by atoms with E-state index in [-0.39, 0.29) is 30.0 Å². The summed E-state index contributed by atoms with van der Waals surface area (Å²) in [5.41, 5.74) is 2.76. The normalized spacial score (nSPS) is 14.9. The van der Waals surface area contributed by atoms with Gasteiger partial charge in [-0.05, 0) is 18.2 Å². The van der Waals surface area contributed by atoms with Gasteiger partial charge < -0.3 is 4.90 Å². The molecule has 2 aliphatic heterocycles. The number of nitrogens with one attached hydrogen (secondary N) is 1. The van der Waals surface area contributed by atoms with Crippen molar-refractivity contribution in [2.45, 2.75) is 19.4 Å². The summed E-state index contributed by atoms with van der Waals surface area (Å²) in [7, 11) is 0. The third kappa shape index (κ3) is 3.61. The van der Waals surface area contributed by atoms with Crippen LogP contribution in [-0.2, 0) is 17.8 Å². The Kier molecular flexibility index (Phi) is 5.37. The van der Waals surface area contributed by atoms with E-state index in [0.717, 1.165) is 27.4 Å². The lowest BCUT2D eigenvalue weighted by molar-refractivity contribution is -0.385. The molecule has 2 aromatic carbocycles. The first-order valence-corrected chi connectivity index (χ1v) is 11.0. The van der Waals surface area contributed by atoms with E-state index in [2.05, 4.69) is 10.2 Å². The Balaban J connectivity index is 1.29. The lowest BCUT2D eigenvalue weighted by atomic mass is 10.0. The molecule has 3 aromatic rings. The van der Waals surface area contributed by atoms with Crippen LogP contribution in [-0.4, -0.2) is 55.7 Å². The highest BCUT2D eigenvalue weighted by Gasteiger charge is 2.41. The first kappa shape index (κ1) is 21.8. The van der Waals surface area contributed by atoms with Crippen LogP contribution in [0.15, 0.2) is 42.5 Å². The van der Waals surface area contributed by atoms with Crippen molar-refractivity contribution in [1.82, 2.24) is 20.0 Å². The number of amides is 3. The fourth-order valence-corrected chi connectivity index (χ4v) is 4.61. The van der Waals surface area contributed by atoms with Crippen LogP contribution in [0.5, 0.6) is 0 Å². The molecule has 3 amide bonds. The van der Waals surface area contributed by atoms with Crippen LogP contribution < -0.4 is 0 Å².